The van der Waals surface area contributed by atoms with Crippen LogP contribution in [0, 0.1) is 12.7 Å². The summed E-state index contributed by atoms with van der Waals surface area (Å²) in [6.45, 7) is 4.41. The van der Waals surface area contributed by atoms with Crippen molar-refractivity contribution in [3.8, 4) is 11.4 Å². The van der Waals surface area contributed by atoms with Gasteiger partial charge in [0.2, 0.25) is 0 Å². The molecule has 1 aliphatic rings. The molecular weight excluding hydrogens is 439 g/mol. The van der Waals surface area contributed by atoms with E-state index >= 15 is 0 Å². The summed E-state index contributed by atoms with van der Waals surface area (Å²) in [6, 6.07) is 19.4. The first-order chi connectivity index (χ1) is 16.0. The SMILES string of the molecule is Cc1ccc(-c2nc(N3CCN(C(=O)c4ccc(F)cc4)CC3)c3ccc(Cl)cc3n2)cc1. The van der Waals surface area contributed by atoms with Crippen LogP contribution in [-0.4, -0.2) is 47.0 Å². The van der Waals surface area contributed by atoms with Crippen LogP contribution in [0.2, 0.25) is 5.02 Å². The number of nitrogens with zero attached hydrogens (tertiary/aromatic N) is 4. The molecule has 166 valence electrons. The summed E-state index contributed by atoms with van der Waals surface area (Å²) in [6.07, 6.45) is 0. The summed E-state index contributed by atoms with van der Waals surface area (Å²) in [7, 11) is 0. The van der Waals surface area contributed by atoms with Crippen LogP contribution in [0.4, 0.5) is 10.2 Å². The number of aromatic nitrogens is 2. The number of carbonyl (C=O) groups is 1. The average Bonchev–Trinajstić information content (AvgIpc) is 2.84. The van der Waals surface area contributed by atoms with Crippen LogP contribution in [0.3, 0.4) is 0 Å². The minimum Gasteiger partial charge on any atom is -0.352 e. The molecule has 0 atom stereocenters. The third-order valence-corrected chi connectivity index (χ3v) is 6.14. The van der Waals surface area contributed by atoms with Crippen LogP contribution < -0.4 is 4.90 Å². The molecule has 1 aromatic heterocycles. The van der Waals surface area contributed by atoms with Gasteiger partial charge in [-0.15, -0.1) is 0 Å². The van der Waals surface area contributed by atoms with Crippen molar-refractivity contribution in [1.82, 2.24) is 14.9 Å². The Morgan fingerprint density at radius 3 is 2.30 bits per heavy atom. The van der Waals surface area contributed by atoms with E-state index < -0.39 is 0 Å². The molecule has 1 aliphatic heterocycles. The van der Waals surface area contributed by atoms with Gasteiger partial charge in [-0.1, -0.05) is 41.4 Å². The minimum atomic E-state index is -0.350. The Morgan fingerprint density at radius 2 is 1.61 bits per heavy atom. The number of anilines is 1. The molecule has 1 saturated heterocycles. The van der Waals surface area contributed by atoms with Crippen molar-refractivity contribution < 1.29 is 9.18 Å². The standard InChI is InChI=1S/C26H22ClFN4O/c1-17-2-4-18(5-3-17)24-29-23-16-20(27)8-11-22(23)25(30-24)31-12-14-32(15-13-31)26(33)19-6-9-21(28)10-7-19/h2-11,16H,12-15H2,1H3. The normalized spacial score (nSPS) is 14.0. The number of amides is 1. The van der Waals surface area contributed by atoms with Gasteiger partial charge in [0.25, 0.3) is 5.91 Å². The lowest BCUT2D eigenvalue weighted by molar-refractivity contribution is 0.0746. The predicted molar refractivity (Wildman–Crippen MR) is 129 cm³/mol. The molecule has 0 N–H and O–H groups in total. The fourth-order valence-electron chi connectivity index (χ4n) is 4.06. The summed E-state index contributed by atoms with van der Waals surface area (Å²) in [5.74, 6) is 1.04. The summed E-state index contributed by atoms with van der Waals surface area (Å²) >= 11 is 6.26. The average molecular weight is 461 g/mol. The highest BCUT2D eigenvalue weighted by Gasteiger charge is 2.25. The van der Waals surface area contributed by atoms with Gasteiger partial charge in [0.05, 0.1) is 5.52 Å². The van der Waals surface area contributed by atoms with E-state index in [9.17, 15) is 9.18 Å². The molecule has 2 heterocycles. The minimum absolute atomic E-state index is 0.0886. The number of halogens is 2. The Hall–Kier alpha value is -3.51. The van der Waals surface area contributed by atoms with Crippen LogP contribution in [0.15, 0.2) is 66.7 Å². The lowest BCUT2D eigenvalue weighted by Gasteiger charge is -2.36. The van der Waals surface area contributed by atoms with E-state index in [-0.39, 0.29) is 11.7 Å². The van der Waals surface area contributed by atoms with Crippen molar-refractivity contribution in [1.29, 1.82) is 0 Å². The maximum absolute atomic E-state index is 13.2. The molecule has 0 radical (unpaired) electrons. The Labute approximate surface area is 196 Å². The second-order valence-electron chi connectivity index (χ2n) is 8.18. The van der Waals surface area contributed by atoms with Crippen LogP contribution in [0.25, 0.3) is 22.3 Å². The quantitative estimate of drug-likeness (QED) is 0.413. The zero-order chi connectivity index (χ0) is 22.9. The Morgan fingerprint density at radius 1 is 0.909 bits per heavy atom. The van der Waals surface area contributed by atoms with Gasteiger partial charge in [-0.2, -0.15) is 0 Å². The second kappa shape index (κ2) is 8.79. The molecule has 5 nitrogen and oxygen atoms in total. The Balaban J connectivity index is 1.44. The molecule has 33 heavy (non-hydrogen) atoms. The van der Waals surface area contributed by atoms with Gasteiger partial charge in [-0.25, -0.2) is 14.4 Å². The fraction of sp³-hybridized carbons (Fsp3) is 0.192. The molecule has 4 aromatic rings. The molecule has 1 amide bonds. The maximum Gasteiger partial charge on any atom is 0.253 e. The number of piperazine rings is 1. The summed E-state index contributed by atoms with van der Waals surface area (Å²) in [4.78, 5) is 26.5. The monoisotopic (exact) mass is 460 g/mol. The zero-order valence-corrected chi connectivity index (χ0v) is 18.9. The first-order valence-electron chi connectivity index (χ1n) is 10.8. The van der Waals surface area contributed by atoms with Crippen molar-refractivity contribution in [2.75, 3.05) is 31.1 Å². The predicted octanol–water partition coefficient (Wildman–Crippen LogP) is 5.36. The molecule has 3 aromatic carbocycles. The third kappa shape index (κ3) is 4.39. The summed E-state index contributed by atoms with van der Waals surface area (Å²) in [5, 5.41) is 1.55. The molecule has 0 bridgehead atoms. The van der Waals surface area contributed by atoms with E-state index in [0.717, 1.165) is 22.3 Å². The zero-order valence-electron chi connectivity index (χ0n) is 18.1. The first-order valence-corrected chi connectivity index (χ1v) is 11.2. The number of aryl methyl sites for hydroxylation is 1. The van der Waals surface area contributed by atoms with Crippen molar-refractivity contribution in [2.24, 2.45) is 0 Å². The third-order valence-electron chi connectivity index (χ3n) is 5.91. The van der Waals surface area contributed by atoms with E-state index in [0.29, 0.717) is 42.6 Å². The van der Waals surface area contributed by atoms with Crippen LogP contribution in [0.5, 0.6) is 0 Å². The molecule has 0 aliphatic carbocycles. The van der Waals surface area contributed by atoms with Crippen LogP contribution in [0.1, 0.15) is 15.9 Å². The van der Waals surface area contributed by atoms with E-state index in [1.807, 2.05) is 49.4 Å². The first kappa shape index (κ1) is 21.3. The summed E-state index contributed by atoms with van der Waals surface area (Å²) in [5.41, 5.74) is 3.39. The summed E-state index contributed by atoms with van der Waals surface area (Å²) < 4.78 is 13.2. The van der Waals surface area contributed by atoms with Gasteiger partial charge in [0.15, 0.2) is 5.82 Å². The Bertz CT molecular complexity index is 1320. The van der Waals surface area contributed by atoms with Gasteiger partial charge in [0, 0.05) is 47.7 Å². The number of fused-ring (bicyclic) bond motifs is 1. The highest BCUT2D eigenvalue weighted by Crippen LogP contribution is 2.30. The van der Waals surface area contributed by atoms with Crippen LogP contribution >= 0.6 is 11.6 Å². The molecule has 0 unspecified atom stereocenters. The smallest absolute Gasteiger partial charge is 0.253 e. The number of hydrogen-bond donors (Lipinski definition) is 0. The number of hydrogen-bond acceptors (Lipinski definition) is 4. The highest BCUT2D eigenvalue weighted by atomic mass is 35.5. The van der Waals surface area contributed by atoms with Crippen molar-refractivity contribution >= 4 is 34.2 Å². The van der Waals surface area contributed by atoms with E-state index in [1.165, 1.54) is 29.8 Å². The second-order valence-corrected chi connectivity index (χ2v) is 8.62. The van der Waals surface area contributed by atoms with Gasteiger partial charge >= 0.3 is 0 Å². The topological polar surface area (TPSA) is 49.3 Å². The lowest BCUT2D eigenvalue weighted by atomic mass is 10.1. The van der Waals surface area contributed by atoms with Gasteiger partial charge < -0.3 is 9.80 Å². The molecule has 5 rings (SSSR count). The Kier molecular flexibility index (Phi) is 5.68. The molecule has 0 spiro atoms. The van der Waals surface area contributed by atoms with E-state index in [2.05, 4.69) is 4.90 Å². The number of rotatable bonds is 3. The van der Waals surface area contributed by atoms with Crippen molar-refractivity contribution in [2.45, 2.75) is 6.92 Å². The largest absolute Gasteiger partial charge is 0.352 e. The van der Waals surface area contributed by atoms with E-state index in [4.69, 9.17) is 21.6 Å². The maximum atomic E-state index is 13.2. The molecule has 7 heteroatoms. The van der Waals surface area contributed by atoms with Crippen molar-refractivity contribution in [3.05, 3.63) is 88.7 Å². The van der Waals surface area contributed by atoms with E-state index in [1.54, 1.807) is 4.90 Å². The molecular formula is C26H22ClFN4O. The van der Waals surface area contributed by atoms with Gasteiger partial charge in [0.1, 0.15) is 11.6 Å². The number of benzene rings is 3. The van der Waals surface area contributed by atoms with Gasteiger partial charge in [-0.05, 0) is 49.4 Å². The fourth-order valence-corrected chi connectivity index (χ4v) is 4.22. The molecule has 0 saturated carbocycles. The van der Waals surface area contributed by atoms with Crippen molar-refractivity contribution in [3.63, 3.8) is 0 Å². The molecule has 1 fully saturated rings. The van der Waals surface area contributed by atoms with Crippen LogP contribution in [-0.2, 0) is 0 Å². The highest BCUT2D eigenvalue weighted by molar-refractivity contribution is 6.31. The number of carbonyl (C=O) groups excluding carboxylic acids is 1. The lowest BCUT2D eigenvalue weighted by Crippen LogP contribution is -2.49. The van der Waals surface area contributed by atoms with Gasteiger partial charge in [-0.3, -0.25) is 4.79 Å².